The number of rotatable bonds is 7. The second-order valence-corrected chi connectivity index (χ2v) is 12.3. The van der Waals surface area contributed by atoms with E-state index in [0.717, 1.165) is 46.6 Å². The zero-order valence-corrected chi connectivity index (χ0v) is 26.1. The lowest BCUT2D eigenvalue weighted by Gasteiger charge is -2.20. The molecule has 5 aromatic rings. The van der Waals surface area contributed by atoms with Crippen LogP contribution < -0.4 is 5.69 Å². The summed E-state index contributed by atoms with van der Waals surface area (Å²) in [5.41, 5.74) is 4.40. The van der Waals surface area contributed by atoms with Gasteiger partial charge in [-0.2, -0.15) is 0 Å². The molecular weight excluding hydrogens is 572 g/mol. The number of pyridine rings is 1. The zero-order valence-electron chi connectivity index (χ0n) is 26.1. The van der Waals surface area contributed by atoms with Gasteiger partial charge in [0.15, 0.2) is 0 Å². The van der Waals surface area contributed by atoms with Crippen LogP contribution in [-0.2, 0) is 23.1 Å². The smallest absolute Gasteiger partial charge is 0.357 e. The third kappa shape index (κ3) is 5.91. The standard InChI is InChI=1S/C34H36N6O5/c1-34(2,3)45-32(42)29-19-36-30(37(29)4)21-38-17-15-26(20-38)40-27-14-16-35-18-28(27)39(33(40)43)25-12-10-23(11-13-25)22-6-8-24(9-7-22)31(41)44-5/h6-14,16,18-19,26H,15,17,20-21H2,1-5H3/t26-/m0/s1. The Hall–Kier alpha value is -5.03. The van der Waals surface area contributed by atoms with Gasteiger partial charge in [-0.15, -0.1) is 0 Å². The van der Waals surface area contributed by atoms with E-state index in [9.17, 15) is 14.4 Å². The Morgan fingerprint density at radius 2 is 1.62 bits per heavy atom. The normalized spacial score (nSPS) is 15.4. The molecule has 1 atom stereocenters. The van der Waals surface area contributed by atoms with Crippen LogP contribution in [0.4, 0.5) is 0 Å². The summed E-state index contributed by atoms with van der Waals surface area (Å²) in [7, 11) is 3.18. The number of carbonyl (C=O) groups is 2. The highest BCUT2D eigenvalue weighted by Crippen LogP contribution is 2.28. The minimum Gasteiger partial charge on any atom is -0.465 e. The number of hydrogen-bond acceptors (Lipinski definition) is 8. The molecule has 11 heteroatoms. The molecule has 1 aliphatic rings. The van der Waals surface area contributed by atoms with Crippen LogP contribution >= 0.6 is 0 Å². The summed E-state index contributed by atoms with van der Waals surface area (Å²) in [6.07, 6.45) is 5.80. The van der Waals surface area contributed by atoms with Crippen molar-refractivity contribution in [1.82, 2.24) is 28.6 Å². The second kappa shape index (κ2) is 11.8. The van der Waals surface area contributed by atoms with Crippen LogP contribution in [0.25, 0.3) is 27.8 Å². The molecule has 0 aliphatic carbocycles. The number of methoxy groups -OCH3 is 1. The fourth-order valence-electron chi connectivity index (χ4n) is 5.87. The van der Waals surface area contributed by atoms with Gasteiger partial charge in [-0.25, -0.2) is 19.4 Å². The Labute approximate surface area is 260 Å². The molecule has 3 aromatic heterocycles. The zero-order chi connectivity index (χ0) is 31.9. The van der Waals surface area contributed by atoms with Gasteiger partial charge in [-0.1, -0.05) is 24.3 Å². The summed E-state index contributed by atoms with van der Waals surface area (Å²) in [4.78, 5) is 49.5. The monoisotopic (exact) mass is 608 g/mol. The van der Waals surface area contributed by atoms with Crippen LogP contribution in [0, 0.1) is 0 Å². The first kappa shape index (κ1) is 30.0. The van der Waals surface area contributed by atoms with Crippen LogP contribution in [-0.4, -0.2) is 66.3 Å². The van der Waals surface area contributed by atoms with Crippen LogP contribution in [0.15, 0.2) is 78.0 Å². The summed E-state index contributed by atoms with van der Waals surface area (Å²) in [5, 5.41) is 0. The van der Waals surface area contributed by atoms with Crippen LogP contribution in [0.1, 0.15) is 59.9 Å². The fraction of sp³-hybridized carbons (Fsp3) is 0.324. The van der Waals surface area contributed by atoms with Gasteiger partial charge in [-0.3, -0.25) is 19.0 Å². The minimum absolute atomic E-state index is 0.0400. The van der Waals surface area contributed by atoms with Crippen molar-refractivity contribution in [3.05, 3.63) is 101 Å². The average Bonchev–Trinajstić information content (AvgIpc) is 3.71. The molecule has 11 nitrogen and oxygen atoms in total. The van der Waals surface area contributed by atoms with E-state index in [1.165, 1.54) is 7.11 Å². The molecule has 232 valence electrons. The molecule has 1 aliphatic heterocycles. The molecule has 6 rings (SSSR count). The Morgan fingerprint density at radius 1 is 0.933 bits per heavy atom. The number of fused-ring (bicyclic) bond motifs is 1. The van der Waals surface area contributed by atoms with Gasteiger partial charge in [-0.05, 0) is 68.7 Å². The van der Waals surface area contributed by atoms with E-state index in [0.29, 0.717) is 24.3 Å². The number of nitrogens with zero attached hydrogens (tertiary/aromatic N) is 6. The second-order valence-electron chi connectivity index (χ2n) is 12.3. The highest BCUT2D eigenvalue weighted by Gasteiger charge is 2.30. The van der Waals surface area contributed by atoms with Gasteiger partial charge < -0.3 is 14.0 Å². The SMILES string of the molecule is COC(=O)c1ccc(-c2ccc(-n3c(=O)n([C@H]4CCN(Cc5ncc(C(=O)OC(C)(C)C)n5C)C4)c4ccncc43)cc2)cc1. The van der Waals surface area contributed by atoms with Crippen molar-refractivity contribution >= 4 is 23.0 Å². The Balaban J connectivity index is 1.23. The maximum Gasteiger partial charge on any atom is 0.357 e. The van der Waals surface area contributed by atoms with E-state index in [4.69, 9.17) is 9.47 Å². The highest BCUT2D eigenvalue weighted by molar-refractivity contribution is 5.90. The van der Waals surface area contributed by atoms with Crippen molar-refractivity contribution in [1.29, 1.82) is 0 Å². The van der Waals surface area contributed by atoms with Gasteiger partial charge in [0.2, 0.25) is 0 Å². The quantitative estimate of drug-likeness (QED) is 0.243. The van der Waals surface area contributed by atoms with E-state index < -0.39 is 11.6 Å². The van der Waals surface area contributed by atoms with E-state index in [2.05, 4.69) is 14.9 Å². The number of likely N-dealkylation sites (tertiary alicyclic amines) is 1. The summed E-state index contributed by atoms with van der Waals surface area (Å²) in [5.74, 6) is -0.0216. The van der Waals surface area contributed by atoms with Gasteiger partial charge in [0.05, 0.1) is 54.4 Å². The third-order valence-electron chi connectivity index (χ3n) is 8.11. The number of aromatic nitrogens is 5. The first-order valence-corrected chi connectivity index (χ1v) is 14.9. The lowest BCUT2D eigenvalue weighted by atomic mass is 10.0. The highest BCUT2D eigenvalue weighted by atomic mass is 16.6. The molecule has 0 unspecified atom stereocenters. The molecule has 1 saturated heterocycles. The third-order valence-corrected chi connectivity index (χ3v) is 8.11. The van der Waals surface area contributed by atoms with E-state index in [-0.39, 0.29) is 17.7 Å². The molecule has 45 heavy (non-hydrogen) atoms. The number of benzene rings is 2. The van der Waals surface area contributed by atoms with Crippen molar-refractivity contribution in [3.63, 3.8) is 0 Å². The molecule has 0 radical (unpaired) electrons. The van der Waals surface area contributed by atoms with Crippen molar-refractivity contribution in [3.8, 4) is 16.8 Å². The number of esters is 2. The van der Waals surface area contributed by atoms with Crippen molar-refractivity contribution < 1.29 is 19.1 Å². The molecule has 0 saturated carbocycles. The number of hydrogen-bond donors (Lipinski definition) is 0. The Morgan fingerprint density at radius 3 is 2.29 bits per heavy atom. The van der Waals surface area contributed by atoms with Gasteiger partial charge in [0.25, 0.3) is 0 Å². The van der Waals surface area contributed by atoms with Crippen molar-refractivity contribution in [2.24, 2.45) is 7.05 Å². The molecule has 0 spiro atoms. The van der Waals surface area contributed by atoms with E-state index >= 15 is 0 Å². The predicted octanol–water partition coefficient (Wildman–Crippen LogP) is 4.78. The number of ether oxygens (including phenoxy) is 2. The topological polar surface area (TPSA) is 113 Å². The summed E-state index contributed by atoms with van der Waals surface area (Å²) >= 11 is 0. The Bertz CT molecular complexity index is 1930. The summed E-state index contributed by atoms with van der Waals surface area (Å²) in [6, 6.07) is 16.8. The van der Waals surface area contributed by atoms with E-state index in [1.54, 1.807) is 39.9 Å². The van der Waals surface area contributed by atoms with Crippen LogP contribution in [0.3, 0.4) is 0 Å². The molecule has 0 bridgehead atoms. The first-order valence-electron chi connectivity index (χ1n) is 14.9. The number of imidazole rings is 2. The molecule has 2 aromatic carbocycles. The maximum atomic E-state index is 14.0. The van der Waals surface area contributed by atoms with Crippen molar-refractivity contribution in [2.45, 2.75) is 45.4 Å². The van der Waals surface area contributed by atoms with Crippen LogP contribution in [0.5, 0.6) is 0 Å². The lowest BCUT2D eigenvalue weighted by Crippen LogP contribution is -2.29. The van der Waals surface area contributed by atoms with Crippen LogP contribution in [0.2, 0.25) is 0 Å². The summed E-state index contributed by atoms with van der Waals surface area (Å²) < 4.78 is 15.7. The fourth-order valence-corrected chi connectivity index (χ4v) is 5.87. The molecule has 0 amide bonds. The molecule has 0 N–H and O–H groups in total. The van der Waals surface area contributed by atoms with Crippen molar-refractivity contribution in [2.75, 3.05) is 20.2 Å². The number of carbonyl (C=O) groups excluding carboxylic acids is 2. The van der Waals surface area contributed by atoms with Gasteiger partial charge in [0, 0.05) is 26.3 Å². The average molecular weight is 609 g/mol. The van der Waals surface area contributed by atoms with Gasteiger partial charge >= 0.3 is 17.6 Å². The Kier molecular flexibility index (Phi) is 7.88. The maximum absolute atomic E-state index is 14.0. The molecule has 4 heterocycles. The minimum atomic E-state index is -0.590. The lowest BCUT2D eigenvalue weighted by molar-refractivity contribution is 0.00581. The van der Waals surface area contributed by atoms with Gasteiger partial charge in [0.1, 0.15) is 17.1 Å². The predicted molar refractivity (Wildman–Crippen MR) is 169 cm³/mol. The molecule has 1 fully saturated rings. The summed E-state index contributed by atoms with van der Waals surface area (Å²) in [6.45, 7) is 7.51. The van der Waals surface area contributed by atoms with E-state index in [1.807, 2.05) is 74.9 Å². The largest absolute Gasteiger partial charge is 0.465 e. The molecular formula is C34H36N6O5. The first-order chi connectivity index (χ1) is 21.5.